The average Bonchev–Trinajstić information content (AvgIpc) is 3.08. The molecule has 1 aliphatic rings. The number of ether oxygens (including phenoxy) is 1. The predicted molar refractivity (Wildman–Crippen MR) is 65.3 cm³/mol. The van der Waals surface area contributed by atoms with Gasteiger partial charge in [-0.15, -0.1) is 0 Å². The first-order chi connectivity index (χ1) is 8.15. The van der Waals surface area contributed by atoms with Crippen molar-refractivity contribution in [3.63, 3.8) is 0 Å². The first kappa shape index (κ1) is 12.0. The van der Waals surface area contributed by atoms with Crippen LogP contribution >= 0.6 is 0 Å². The summed E-state index contributed by atoms with van der Waals surface area (Å²) in [6, 6.07) is 6.15. The van der Waals surface area contributed by atoms with Gasteiger partial charge in [0, 0.05) is 0 Å². The molecule has 1 saturated carbocycles. The van der Waals surface area contributed by atoms with Crippen molar-refractivity contribution in [2.75, 3.05) is 7.11 Å². The number of rotatable bonds is 5. The molecule has 2 rings (SSSR count). The molecule has 1 aromatic rings. The number of aliphatic carboxylic acids is 1. The fourth-order valence-corrected chi connectivity index (χ4v) is 2.31. The smallest absolute Gasteiger partial charge is 0.306 e. The molecule has 0 heterocycles. The van der Waals surface area contributed by atoms with E-state index in [4.69, 9.17) is 9.84 Å². The normalized spacial score (nSPS) is 22.2. The number of carboxylic acids is 1. The van der Waals surface area contributed by atoms with E-state index in [2.05, 4.69) is 13.0 Å². The number of methoxy groups -OCH3 is 1. The number of aryl methyl sites for hydroxylation is 1. The van der Waals surface area contributed by atoms with Crippen molar-refractivity contribution >= 4 is 5.97 Å². The Morgan fingerprint density at radius 3 is 2.82 bits per heavy atom. The Bertz CT molecular complexity index is 425. The number of benzene rings is 1. The highest BCUT2D eigenvalue weighted by Gasteiger charge is 2.42. The molecule has 3 heteroatoms. The lowest BCUT2D eigenvalue weighted by Crippen LogP contribution is -2.01. The molecule has 0 aliphatic heterocycles. The Morgan fingerprint density at radius 2 is 2.29 bits per heavy atom. The number of hydrogen-bond acceptors (Lipinski definition) is 2. The molecule has 0 bridgehead atoms. The Kier molecular flexibility index (Phi) is 3.36. The lowest BCUT2D eigenvalue weighted by atomic mass is 10.0. The molecule has 1 fully saturated rings. The van der Waals surface area contributed by atoms with E-state index in [1.165, 1.54) is 11.1 Å². The highest BCUT2D eigenvalue weighted by Crippen LogP contribution is 2.41. The Balaban J connectivity index is 2.05. The van der Waals surface area contributed by atoms with Crippen LogP contribution in [0.2, 0.25) is 0 Å². The van der Waals surface area contributed by atoms with Gasteiger partial charge in [0.15, 0.2) is 0 Å². The van der Waals surface area contributed by atoms with Gasteiger partial charge >= 0.3 is 5.97 Å². The summed E-state index contributed by atoms with van der Waals surface area (Å²) < 4.78 is 5.28. The minimum Gasteiger partial charge on any atom is -0.496 e. The summed E-state index contributed by atoms with van der Waals surface area (Å²) in [5.41, 5.74) is 2.41. The zero-order valence-corrected chi connectivity index (χ0v) is 10.3. The predicted octanol–water partition coefficient (Wildman–Crippen LogP) is 2.52. The molecule has 0 spiro atoms. The molecule has 3 nitrogen and oxygen atoms in total. The lowest BCUT2D eigenvalue weighted by Gasteiger charge is -2.09. The van der Waals surface area contributed by atoms with Gasteiger partial charge in [0.25, 0.3) is 0 Å². The van der Waals surface area contributed by atoms with Crippen molar-refractivity contribution in [1.29, 1.82) is 0 Å². The Labute approximate surface area is 101 Å². The summed E-state index contributed by atoms with van der Waals surface area (Å²) in [6.07, 6.45) is 2.63. The minimum atomic E-state index is -0.653. The standard InChI is InChI=1S/C14H18O3/c1-3-10-6-9(4-5-13(10)17-2)7-11-8-12(11)14(15)16/h4-6,11-12H,3,7-8H2,1-2H3,(H,15,16). The van der Waals surface area contributed by atoms with Crippen molar-refractivity contribution in [3.05, 3.63) is 29.3 Å². The van der Waals surface area contributed by atoms with Crippen molar-refractivity contribution in [3.8, 4) is 5.75 Å². The zero-order valence-electron chi connectivity index (χ0n) is 10.3. The second-order valence-corrected chi connectivity index (χ2v) is 4.64. The summed E-state index contributed by atoms with van der Waals surface area (Å²) in [5, 5.41) is 8.86. The van der Waals surface area contributed by atoms with Gasteiger partial charge in [-0.05, 0) is 42.4 Å². The van der Waals surface area contributed by atoms with Crippen LogP contribution in [0.4, 0.5) is 0 Å². The zero-order chi connectivity index (χ0) is 12.4. The van der Waals surface area contributed by atoms with E-state index in [0.29, 0.717) is 5.92 Å². The maximum atomic E-state index is 10.8. The topological polar surface area (TPSA) is 46.5 Å². The molecule has 0 amide bonds. The van der Waals surface area contributed by atoms with Gasteiger partial charge in [-0.1, -0.05) is 19.1 Å². The molecule has 0 radical (unpaired) electrons. The third-order valence-corrected chi connectivity index (χ3v) is 3.46. The first-order valence-electron chi connectivity index (χ1n) is 6.04. The van der Waals surface area contributed by atoms with Crippen molar-refractivity contribution in [2.45, 2.75) is 26.2 Å². The largest absolute Gasteiger partial charge is 0.496 e. The van der Waals surface area contributed by atoms with Crippen LogP contribution in [0.15, 0.2) is 18.2 Å². The molecule has 1 N–H and O–H groups in total. The number of hydrogen-bond donors (Lipinski definition) is 1. The lowest BCUT2D eigenvalue weighted by molar-refractivity contribution is -0.138. The van der Waals surface area contributed by atoms with E-state index in [0.717, 1.165) is 25.0 Å². The van der Waals surface area contributed by atoms with E-state index in [1.54, 1.807) is 7.11 Å². The fraction of sp³-hybridized carbons (Fsp3) is 0.500. The molecule has 0 saturated heterocycles. The third-order valence-electron chi connectivity index (χ3n) is 3.46. The second kappa shape index (κ2) is 4.78. The van der Waals surface area contributed by atoms with Crippen LogP contribution in [0.25, 0.3) is 0 Å². The van der Waals surface area contributed by atoms with Gasteiger partial charge in [0.05, 0.1) is 13.0 Å². The highest BCUT2D eigenvalue weighted by atomic mass is 16.5. The molecule has 1 aliphatic carbocycles. The molecule has 92 valence electrons. The van der Waals surface area contributed by atoms with Crippen LogP contribution in [0.5, 0.6) is 5.75 Å². The van der Waals surface area contributed by atoms with Crippen LogP contribution in [-0.2, 0) is 17.6 Å². The van der Waals surface area contributed by atoms with E-state index < -0.39 is 5.97 Å². The second-order valence-electron chi connectivity index (χ2n) is 4.64. The molecular weight excluding hydrogens is 216 g/mol. The van der Waals surface area contributed by atoms with Gasteiger partial charge in [0.2, 0.25) is 0 Å². The van der Waals surface area contributed by atoms with Crippen LogP contribution in [0.3, 0.4) is 0 Å². The number of carboxylic acid groups (broad SMARTS) is 1. The van der Waals surface area contributed by atoms with E-state index in [-0.39, 0.29) is 5.92 Å². The summed E-state index contributed by atoms with van der Waals surface area (Å²) >= 11 is 0. The Morgan fingerprint density at radius 1 is 1.53 bits per heavy atom. The molecule has 2 atom stereocenters. The van der Waals surface area contributed by atoms with Crippen molar-refractivity contribution < 1.29 is 14.6 Å². The van der Waals surface area contributed by atoms with Gasteiger partial charge in [-0.25, -0.2) is 0 Å². The van der Waals surface area contributed by atoms with Gasteiger partial charge < -0.3 is 9.84 Å². The molecular formula is C14H18O3. The monoisotopic (exact) mass is 234 g/mol. The van der Waals surface area contributed by atoms with Crippen LogP contribution in [0.1, 0.15) is 24.5 Å². The van der Waals surface area contributed by atoms with Crippen molar-refractivity contribution in [2.24, 2.45) is 11.8 Å². The molecule has 1 aromatic carbocycles. The van der Waals surface area contributed by atoms with Crippen molar-refractivity contribution in [1.82, 2.24) is 0 Å². The van der Waals surface area contributed by atoms with Gasteiger partial charge in [-0.2, -0.15) is 0 Å². The SMILES string of the molecule is CCc1cc(CC2CC2C(=O)O)ccc1OC. The van der Waals surface area contributed by atoms with Crippen LogP contribution < -0.4 is 4.74 Å². The minimum absolute atomic E-state index is 0.123. The van der Waals surface area contributed by atoms with Gasteiger partial charge in [0.1, 0.15) is 5.75 Å². The summed E-state index contributed by atoms with van der Waals surface area (Å²) in [4.78, 5) is 10.8. The summed E-state index contributed by atoms with van der Waals surface area (Å²) in [7, 11) is 1.68. The molecule has 0 aromatic heterocycles. The summed E-state index contributed by atoms with van der Waals surface area (Å²) in [5.74, 6) is 0.467. The van der Waals surface area contributed by atoms with E-state index in [9.17, 15) is 4.79 Å². The average molecular weight is 234 g/mol. The van der Waals surface area contributed by atoms with Crippen LogP contribution in [0, 0.1) is 11.8 Å². The van der Waals surface area contributed by atoms with Gasteiger partial charge in [-0.3, -0.25) is 4.79 Å². The quantitative estimate of drug-likeness (QED) is 0.851. The summed E-state index contributed by atoms with van der Waals surface area (Å²) in [6.45, 7) is 2.10. The fourth-order valence-electron chi connectivity index (χ4n) is 2.31. The Hall–Kier alpha value is -1.51. The third kappa shape index (κ3) is 2.60. The molecule has 2 unspecified atom stereocenters. The van der Waals surface area contributed by atoms with E-state index in [1.807, 2.05) is 12.1 Å². The highest BCUT2D eigenvalue weighted by molar-refractivity contribution is 5.73. The maximum absolute atomic E-state index is 10.8. The molecule has 17 heavy (non-hydrogen) atoms. The van der Waals surface area contributed by atoms with E-state index >= 15 is 0 Å². The maximum Gasteiger partial charge on any atom is 0.306 e. The first-order valence-corrected chi connectivity index (χ1v) is 6.04. The van der Waals surface area contributed by atoms with Crippen LogP contribution in [-0.4, -0.2) is 18.2 Å². The number of carbonyl (C=O) groups is 1.